The van der Waals surface area contributed by atoms with E-state index in [1.807, 2.05) is 18.2 Å². The molecule has 2 N–H and O–H groups in total. The van der Waals surface area contributed by atoms with Crippen molar-refractivity contribution in [3.8, 4) is 0 Å². The lowest BCUT2D eigenvalue weighted by atomic mass is 10.1. The summed E-state index contributed by atoms with van der Waals surface area (Å²) in [5.41, 5.74) is 1.71. The smallest absolute Gasteiger partial charge is 0.337 e. The highest BCUT2D eigenvalue weighted by Gasteiger charge is 2.10. The summed E-state index contributed by atoms with van der Waals surface area (Å²) in [5.74, 6) is -0.964. The molecule has 0 amide bonds. The number of nitrogens with one attached hydrogen (secondary N) is 1. The average molecular weight is 341 g/mol. The molecule has 0 saturated heterocycles. The Morgan fingerprint density at radius 1 is 1.26 bits per heavy atom. The summed E-state index contributed by atoms with van der Waals surface area (Å²) in [4.78, 5) is 11.1. The van der Waals surface area contributed by atoms with Gasteiger partial charge < -0.3 is 10.4 Å². The Bertz CT molecular complexity index is 616. The Morgan fingerprint density at radius 2 is 2.00 bits per heavy atom. The molecule has 0 bridgehead atoms. The van der Waals surface area contributed by atoms with Crippen molar-refractivity contribution in [2.24, 2.45) is 0 Å². The van der Waals surface area contributed by atoms with Gasteiger partial charge in [-0.05, 0) is 29.8 Å². The molecule has 0 aliphatic rings. The second kappa shape index (κ2) is 6.08. The summed E-state index contributed by atoms with van der Waals surface area (Å²) < 4.78 is 0.819. The Balaban J connectivity index is 2.22. The minimum absolute atomic E-state index is 0.232. The number of anilines is 1. The molecule has 0 heterocycles. The summed E-state index contributed by atoms with van der Waals surface area (Å²) in [5, 5.41) is 12.9. The third-order valence-corrected chi connectivity index (χ3v) is 3.50. The van der Waals surface area contributed by atoms with Crippen molar-refractivity contribution in [3.63, 3.8) is 0 Å². The zero-order valence-electron chi connectivity index (χ0n) is 9.86. The monoisotopic (exact) mass is 339 g/mol. The first-order valence-electron chi connectivity index (χ1n) is 5.58. The zero-order chi connectivity index (χ0) is 13.8. The van der Waals surface area contributed by atoms with Crippen LogP contribution in [0.2, 0.25) is 5.02 Å². The largest absolute Gasteiger partial charge is 0.478 e. The molecule has 0 saturated carbocycles. The van der Waals surface area contributed by atoms with E-state index in [0.29, 0.717) is 17.3 Å². The van der Waals surface area contributed by atoms with E-state index in [9.17, 15) is 4.79 Å². The lowest BCUT2D eigenvalue weighted by Gasteiger charge is -2.11. The molecule has 5 heteroatoms. The fourth-order valence-electron chi connectivity index (χ4n) is 1.68. The molecule has 98 valence electrons. The van der Waals surface area contributed by atoms with Crippen LogP contribution in [0.5, 0.6) is 0 Å². The first-order chi connectivity index (χ1) is 9.08. The normalized spacial score (nSPS) is 10.2. The van der Waals surface area contributed by atoms with Gasteiger partial charge in [0.05, 0.1) is 11.3 Å². The van der Waals surface area contributed by atoms with Crippen LogP contribution in [0, 0.1) is 0 Å². The minimum atomic E-state index is -0.964. The lowest BCUT2D eigenvalue weighted by molar-refractivity contribution is 0.0698. The van der Waals surface area contributed by atoms with E-state index >= 15 is 0 Å². The van der Waals surface area contributed by atoms with E-state index in [2.05, 4.69) is 21.2 Å². The van der Waals surface area contributed by atoms with Gasteiger partial charge >= 0.3 is 5.97 Å². The maximum Gasteiger partial charge on any atom is 0.337 e. The summed E-state index contributed by atoms with van der Waals surface area (Å²) in [6, 6.07) is 12.4. The molecule has 0 unspecified atom stereocenters. The first kappa shape index (κ1) is 13.9. The number of carbonyl (C=O) groups is 1. The van der Waals surface area contributed by atoms with Gasteiger partial charge in [0, 0.05) is 16.0 Å². The summed E-state index contributed by atoms with van der Waals surface area (Å²) >= 11 is 9.39. The number of carboxylic acid groups (broad SMARTS) is 1. The third kappa shape index (κ3) is 3.49. The quantitative estimate of drug-likeness (QED) is 0.866. The molecule has 0 aromatic heterocycles. The number of hydrogen-bond donors (Lipinski definition) is 2. The zero-order valence-corrected chi connectivity index (χ0v) is 12.2. The van der Waals surface area contributed by atoms with Crippen LogP contribution in [0.4, 0.5) is 5.69 Å². The van der Waals surface area contributed by atoms with Crippen molar-refractivity contribution in [2.45, 2.75) is 6.54 Å². The van der Waals surface area contributed by atoms with E-state index in [1.54, 1.807) is 24.3 Å². The summed E-state index contributed by atoms with van der Waals surface area (Å²) in [7, 11) is 0. The highest BCUT2D eigenvalue weighted by atomic mass is 79.9. The van der Waals surface area contributed by atoms with Crippen molar-refractivity contribution in [3.05, 3.63) is 63.1 Å². The van der Waals surface area contributed by atoms with Crippen LogP contribution < -0.4 is 5.32 Å². The molecule has 19 heavy (non-hydrogen) atoms. The van der Waals surface area contributed by atoms with Gasteiger partial charge in [-0.3, -0.25) is 0 Å². The number of rotatable bonds is 4. The van der Waals surface area contributed by atoms with E-state index in [1.165, 1.54) is 0 Å². The lowest BCUT2D eigenvalue weighted by Crippen LogP contribution is -2.06. The van der Waals surface area contributed by atoms with Gasteiger partial charge in [0.15, 0.2) is 0 Å². The van der Waals surface area contributed by atoms with Crippen LogP contribution in [0.15, 0.2) is 46.9 Å². The molecule has 2 rings (SSSR count). The number of benzene rings is 2. The topological polar surface area (TPSA) is 49.3 Å². The highest BCUT2D eigenvalue weighted by Crippen LogP contribution is 2.23. The van der Waals surface area contributed by atoms with Gasteiger partial charge in [-0.25, -0.2) is 4.79 Å². The van der Waals surface area contributed by atoms with E-state index in [0.717, 1.165) is 10.0 Å². The van der Waals surface area contributed by atoms with Gasteiger partial charge in [0.25, 0.3) is 0 Å². The molecule has 0 aliphatic carbocycles. The second-order valence-corrected chi connectivity index (χ2v) is 5.26. The molecule has 2 aromatic carbocycles. The standard InChI is InChI=1S/C14H11BrClNO2/c15-10-5-6-11(14(18)19)13(7-10)17-8-9-3-1-2-4-12(9)16/h1-7,17H,8H2,(H,18,19). The van der Waals surface area contributed by atoms with E-state index in [-0.39, 0.29) is 5.56 Å². The molecule has 0 atom stereocenters. The van der Waals surface area contributed by atoms with Crippen LogP contribution in [0.1, 0.15) is 15.9 Å². The first-order valence-corrected chi connectivity index (χ1v) is 6.75. The van der Waals surface area contributed by atoms with E-state index < -0.39 is 5.97 Å². The van der Waals surface area contributed by atoms with Crippen molar-refractivity contribution in [1.82, 2.24) is 0 Å². The van der Waals surface area contributed by atoms with Crippen LogP contribution in [-0.2, 0) is 6.54 Å². The highest BCUT2D eigenvalue weighted by molar-refractivity contribution is 9.10. The van der Waals surface area contributed by atoms with Crippen molar-refractivity contribution in [1.29, 1.82) is 0 Å². The third-order valence-electron chi connectivity index (χ3n) is 2.64. The summed E-state index contributed by atoms with van der Waals surface area (Å²) in [6.07, 6.45) is 0. The number of hydrogen-bond acceptors (Lipinski definition) is 2. The van der Waals surface area contributed by atoms with Crippen molar-refractivity contribution < 1.29 is 9.90 Å². The van der Waals surface area contributed by atoms with Gasteiger partial charge in [-0.15, -0.1) is 0 Å². The fourth-order valence-corrected chi connectivity index (χ4v) is 2.25. The molecular weight excluding hydrogens is 330 g/mol. The second-order valence-electron chi connectivity index (χ2n) is 3.94. The molecule has 0 spiro atoms. The maximum absolute atomic E-state index is 11.1. The Hall–Kier alpha value is -1.52. The Kier molecular flexibility index (Phi) is 4.45. The minimum Gasteiger partial charge on any atom is -0.478 e. The Labute approximate surface area is 124 Å². The summed E-state index contributed by atoms with van der Waals surface area (Å²) in [6.45, 7) is 0.469. The predicted molar refractivity (Wildman–Crippen MR) is 79.9 cm³/mol. The maximum atomic E-state index is 11.1. The number of halogens is 2. The van der Waals surface area contributed by atoms with Crippen molar-refractivity contribution >= 4 is 39.2 Å². The predicted octanol–water partition coefficient (Wildman–Crippen LogP) is 4.41. The van der Waals surface area contributed by atoms with Crippen LogP contribution >= 0.6 is 27.5 Å². The molecule has 0 aliphatic heterocycles. The van der Waals surface area contributed by atoms with Crippen LogP contribution in [0.25, 0.3) is 0 Å². The number of aromatic carboxylic acids is 1. The van der Waals surface area contributed by atoms with E-state index in [4.69, 9.17) is 16.7 Å². The van der Waals surface area contributed by atoms with Crippen LogP contribution in [-0.4, -0.2) is 11.1 Å². The SMILES string of the molecule is O=C(O)c1ccc(Br)cc1NCc1ccccc1Cl. The molecule has 3 nitrogen and oxygen atoms in total. The molecular formula is C14H11BrClNO2. The van der Waals surface area contributed by atoms with Gasteiger partial charge in [-0.2, -0.15) is 0 Å². The van der Waals surface area contributed by atoms with Crippen molar-refractivity contribution in [2.75, 3.05) is 5.32 Å². The molecule has 2 aromatic rings. The molecule has 0 radical (unpaired) electrons. The van der Waals surface area contributed by atoms with Gasteiger partial charge in [-0.1, -0.05) is 45.7 Å². The number of carboxylic acids is 1. The average Bonchev–Trinajstić information content (AvgIpc) is 2.37. The fraction of sp³-hybridized carbons (Fsp3) is 0.0714. The van der Waals surface area contributed by atoms with Gasteiger partial charge in [0.2, 0.25) is 0 Å². The van der Waals surface area contributed by atoms with Crippen LogP contribution in [0.3, 0.4) is 0 Å². The van der Waals surface area contributed by atoms with Gasteiger partial charge in [0.1, 0.15) is 0 Å². The Morgan fingerprint density at radius 3 is 2.68 bits per heavy atom. The molecule has 0 fully saturated rings.